The van der Waals surface area contributed by atoms with Gasteiger partial charge >= 0.3 is 5.97 Å². The Kier molecular flexibility index (Phi) is 2.09. The minimum Gasteiger partial charge on any atom is -0.493 e. The Morgan fingerprint density at radius 1 is 1.67 bits per heavy atom. The summed E-state index contributed by atoms with van der Waals surface area (Å²) in [6.45, 7) is 0. The molecular formula is C6H7N3O3. The molecule has 0 unspecified atom stereocenters. The molecule has 0 bridgehead atoms. The third-order valence-corrected chi connectivity index (χ3v) is 1.22. The Morgan fingerprint density at radius 3 is 2.75 bits per heavy atom. The first-order chi connectivity index (χ1) is 5.65. The Bertz CT molecular complexity index is 313. The Labute approximate surface area is 67.9 Å². The summed E-state index contributed by atoms with van der Waals surface area (Å²) in [7, 11) is 1.56. The third-order valence-electron chi connectivity index (χ3n) is 1.22. The molecule has 1 rings (SSSR count). The summed E-state index contributed by atoms with van der Waals surface area (Å²) in [5.74, 6) is -1.62. The number of rotatable bonds is 2. The quantitative estimate of drug-likeness (QED) is 0.573. The summed E-state index contributed by atoms with van der Waals surface area (Å²) in [4.78, 5) is 17.4. The molecular weight excluding hydrogens is 162 g/mol. The highest BCUT2D eigenvalue weighted by Gasteiger charge is 2.11. The Balaban J connectivity index is 3.12. The maximum Gasteiger partial charge on any atom is 0.342 e. The van der Waals surface area contributed by atoms with Gasteiger partial charge in [-0.25, -0.2) is 9.78 Å². The molecule has 1 heterocycles. The van der Waals surface area contributed by atoms with Crippen LogP contribution < -0.4 is 5.32 Å². The van der Waals surface area contributed by atoms with Crippen LogP contribution in [0.4, 0.5) is 5.95 Å². The predicted octanol–water partition coefficient (Wildman–Crippen LogP) is -0.0779. The van der Waals surface area contributed by atoms with E-state index in [9.17, 15) is 4.79 Å². The summed E-state index contributed by atoms with van der Waals surface area (Å²) < 4.78 is 0. The lowest BCUT2D eigenvalue weighted by molar-refractivity contribution is 0.0692. The van der Waals surface area contributed by atoms with E-state index in [2.05, 4.69) is 15.3 Å². The molecule has 64 valence electrons. The predicted molar refractivity (Wildman–Crippen MR) is 40.2 cm³/mol. The van der Waals surface area contributed by atoms with Gasteiger partial charge in [0.15, 0.2) is 0 Å². The SMILES string of the molecule is CNc1ncc(C(=O)O)c(O)n1. The summed E-state index contributed by atoms with van der Waals surface area (Å²) in [6.07, 6.45) is 1.04. The molecule has 6 nitrogen and oxygen atoms in total. The number of hydrogen-bond donors (Lipinski definition) is 3. The van der Waals surface area contributed by atoms with Crippen molar-refractivity contribution in [3.05, 3.63) is 11.8 Å². The zero-order valence-electron chi connectivity index (χ0n) is 6.27. The lowest BCUT2D eigenvalue weighted by Gasteiger charge is -2.00. The third kappa shape index (κ3) is 1.42. The number of carbonyl (C=O) groups is 1. The summed E-state index contributed by atoms with van der Waals surface area (Å²) >= 11 is 0. The second-order valence-electron chi connectivity index (χ2n) is 1.99. The van der Waals surface area contributed by atoms with Crippen molar-refractivity contribution in [1.82, 2.24) is 9.97 Å². The van der Waals surface area contributed by atoms with E-state index in [1.54, 1.807) is 7.05 Å². The van der Waals surface area contributed by atoms with E-state index in [1.807, 2.05) is 0 Å². The molecule has 0 aromatic carbocycles. The minimum atomic E-state index is -1.25. The maximum atomic E-state index is 10.4. The van der Waals surface area contributed by atoms with Crippen molar-refractivity contribution in [2.75, 3.05) is 12.4 Å². The molecule has 0 atom stereocenters. The summed E-state index contributed by atoms with van der Waals surface area (Å²) in [5.41, 5.74) is -0.311. The largest absolute Gasteiger partial charge is 0.493 e. The normalized spacial score (nSPS) is 9.42. The number of carboxylic acids is 1. The van der Waals surface area contributed by atoms with Gasteiger partial charge in [-0.05, 0) is 0 Å². The second-order valence-corrected chi connectivity index (χ2v) is 1.99. The number of nitrogens with one attached hydrogen (secondary N) is 1. The van der Waals surface area contributed by atoms with Gasteiger partial charge < -0.3 is 15.5 Å². The monoisotopic (exact) mass is 169 g/mol. The van der Waals surface area contributed by atoms with Crippen LogP contribution in [0, 0.1) is 0 Å². The first-order valence-corrected chi connectivity index (χ1v) is 3.12. The van der Waals surface area contributed by atoms with Gasteiger partial charge in [-0.3, -0.25) is 0 Å². The molecule has 6 heteroatoms. The highest BCUT2D eigenvalue weighted by atomic mass is 16.4. The van der Waals surface area contributed by atoms with E-state index in [4.69, 9.17) is 10.2 Å². The first-order valence-electron chi connectivity index (χ1n) is 3.12. The zero-order chi connectivity index (χ0) is 9.14. The van der Waals surface area contributed by atoms with E-state index >= 15 is 0 Å². The number of carboxylic acid groups (broad SMARTS) is 1. The number of aromatic hydroxyl groups is 1. The van der Waals surface area contributed by atoms with Crippen molar-refractivity contribution in [3.8, 4) is 5.88 Å². The first kappa shape index (κ1) is 8.25. The van der Waals surface area contributed by atoms with E-state index in [0.717, 1.165) is 6.20 Å². The number of hydrogen-bond acceptors (Lipinski definition) is 5. The molecule has 0 fully saturated rings. The van der Waals surface area contributed by atoms with Crippen molar-refractivity contribution in [2.45, 2.75) is 0 Å². The fraction of sp³-hybridized carbons (Fsp3) is 0.167. The molecule has 12 heavy (non-hydrogen) atoms. The Morgan fingerprint density at radius 2 is 2.33 bits per heavy atom. The minimum absolute atomic E-state index is 0.178. The number of aromatic nitrogens is 2. The molecule has 1 aromatic heterocycles. The molecule has 0 aliphatic heterocycles. The summed E-state index contributed by atoms with van der Waals surface area (Å²) in [5, 5.41) is 20.0. The van der Waals surface area contributed by atoms with Crippen molar-refractivity contribution >= 4 is 11.9 Å². The van der Waals surface area contributed by atoms with Gasteiger partial charge in [0.2, 0.25) is 11.8 Å². The van der Waals surface area contributed by atoms with Gasteiger partial charge in [0.1, 0.15) is 5.56 Å². The molecule has 0 saturated heterocycles. The lowest BCUT2D eigenvalue weighted by atomic mass is 10.3. The number of nitrogens with zero attached hydrogens (tertiary/aromatic N) is 2. The highest BCUT2D eigenvalue weighted by molar-refractivity contribution is 5.89. The second kappa shape index (κ2) is 3.04. The van der Waals surface area contributed by atoms with Crippen LogP contribution in [0.5, 0.6) is 5.88 Å². The lowest BCUT2D eigenvalue weighted by Crippen LogP contribution is -2.02. The van der Waals surface area contributed by atoms with Crippen LogP contribution in [0.2, 0.25) is 0 Å². The summed E-state index contributed by atoms with van der Waals surface area (Å²) in [6, 6.07) is 0. The van der Waals surface area contributed by atoms with Crippen molar-refractivity contribution in [3.63, 3.8) is 0 Å². The number of aromatic carboxylic acids is 1. The Hall–Kier alpha value is -1.85. The van der Waals surface area contributed by atoms with Crippen LogP contribution in [0.3, 0.4) is 0 Å². The number of anilines is 1. The van der Waals surface area contributed by atoms with Crippen molar-refractivity contribution < 1.29 is 15.0 Å². The average molecular weight is 169 g/mol. The molecule has 0 aliphatic carbocycles. The van der Waals surface area contributed by atoms with E-state index in [0.29, 0.717) is 0 Å². The van der Waals surface area contributed by atoms with Gasteiger partial charge in [-0.2, -0.15) is 4.98 Å². The van der Waals surface area contributed by atoms with E-state index in [1.165, 1.54) is 0 Å². The average Bonchev–Trinajstić information content (AvgIpc) is 2.03. The van der Waals surface area contributed by atoms with Crippen molar-refractivity contribution in [1.29, 1.82) is 0 Å². The maximum absolute atomic E-state index is 10.4. The van der Waals surface area contributed by atoms with Crippen LogP contribution in [-0.4, -0.2) is 33.2 Å². The molecule has 0 aliphatic rings. The van der Waals surface area contributed by atoms with E-state index in [-0.39, 0.29) is 11.5 Å². The molecule has 0 spiro atoms. The van der Waals surface area contributed by atoms with Crippen molar-refractivity contribution in [2.24, 2.45) is 0 Å². The topological polar surface area (TPSA) is 95.3 Å². The van der Waals surface area contributed by atoms with Gasteiger partial charge in [-0.1, -0.05) is 0 Å². The molecule has 0 amide bonds. The fourth-order valence-electron chi connectivity index (χ4n) is 0.644. The molecule has 0 radical (unpaired) electrons. The van der Waals surface area contributed by atoms with Crippen LogP contribution in [0.15, 0.2) is 6.20 Å². The zero-order valence-corrected chi connectivity index (χ0v) is 6.27. The van der Waals surface area contributed by atoms with Crippen LogP contribution in [-0.2, 0) is 0 Å². The molecule has 1 aromatic rings. The van der Waals surface area contributed by atoms with Gasteiger partial charge in [-0.15, -0.1) is 0 Å². The van der Waals surface area contributed by atoms with Crippen LogP contribution in [0.25, 0.3) is 0 Å². The smallest absolute Gasteiger partial charge is 0.342 e. The molecule has 3 N–H and O–H groups in total. The molecule has 0 saturated carbocycles. The van der Waals surface area contributed by atoms with Crippen LogP contribution >= 0.6 is 0 Å². The van der Waals surface area contributed by atoms with Crippen LogP contribution in [0.1, 0.15) is 10.4 Å². The fourth-order valence-corrected chi connectivity index (χ4v) is 0.644. The highest BCUT2D eigenvalue weighted by Crippen LogP contribution is 2.13. The van der Waals surface area contributed by atoms with E-state index < -0.39 is 11.8 Å². The van der Waals surface area contributed by atoms with Gasteiger partial charge in [0.25, 0.3) is 0 Å². The van der Waals surface area contributed by atoms with Gasteiger partial charge in [0, 0.05) is 7.05 Å². The van der Waals surface area contributed by atoms with Gasteiger partial charge in [0.05, 0.1) is 6.20 Å². The standard InChI is InChI=1S/C6H7N3O3/c1-7-6-8-2-3(5(11)12)4(10)9-6/h2H,1H3,(H,11,12)(H2,7,8,9,10).